The fraction of sp³-hybridized carbons (Fsp3) is 0.750. The van der Waals surface area contributed by atoms with E-state index < -0.39 is 0 Å². The van der Waals surface area contributed by atoms with Crippen LogP contribution in [0.15, 0.2) is 12.2 Å². The third-order valence-electron chi connectivity index (χ3n) is 2.63. The van der Waals surface area contributed by atoms with Gasteiger partial charge in [-0.2, -0.15) is 0 Å². The van der Waals surface area contributed by atoms with Crippen molar-refractivity contribution in [2.45, 2.75) is 40.0 Å². The second-order valence-electron chi connectivity index (χ2n) is 4.77. The molecular weight excluding hydrogens is 176 g/mol. The van der Waals surface area contributed by atoms with Crippen molar-refractivity contribution in [3.05, 3.63) is 12.2 Å². The molecule has 1 atom stereocenters. The van der Waals surface area contributed by atoms with E-state index in [0.29, 0.717) is 24.4 Å². The molecule has 0 N–H and O–H groups in total. The Kier molecular flexibility index (Phi) is 3.73. The van der Waals surface area contributed by atoms with E-state index in [2.05, 4.69) is 26.0 Å². The quantitative estimate of drug-likeness (QED) is 0.512. The number of hydrogen-bond acceptors (Lipinski definition) is 2. The maximum Gasteiger partial charge on any atom is 0.306 e. The lowest BCUT2D eigenvalue weighted by Crippen LogP contribution is -2.21. The van der Waals surface area contributed by atoms with Crippen molar-refractivity contribution in [1.82, 2.24) is 0 Å². The van der Waals surface area contributed by atoms with Gasteiger partial charge in [0.25, 0.3) is 0 Å². The molecule has 1 aliphatic rings. The van der Waals surface area contributed by atoms with Crippen molar-refractivity contribution in [2.24, 2.45) is 11.3 Å². The van der Waals surface area contributed by atoms with Gasteiger partial charge in [-0.05, 0) is 31.1 Å². The molecule has 0 aromatic carbocycles. The van der Waals surface area contributed by atoms with Gasteiger partial charge < -0.3 is 4.74 Å². The Morgan fingerprint density at radius 3 is 2.86 bits per heavy atom. The molecule has 80 valence electrons. The smallest absolute Gasteiger partial charge is 0.306 e. The van der Waals surface area contributed by atoms with Crippen LogP contribution in [0.2, 0.25) is 0 Å². The summed E-state index contributed by atoms with van der Waals surface area (Å²) in [6.45, 7) is 6.82. The lowest BCUT2D eigenvalue weighted by molar-refractivity contribution is -0.144. The zero-order valence-electron chi connectivity index (χ0n) is 9.38. The minimum Gasteiger partial charge on any atom is -0.466 e. The van der Waals surface area contributed by atoms with Gasteiger partial charge in [0.05, 0.1) is 13.0 Å². The Balaban J connectivity index is 2.42. The molecule has 0 spiro atoms. The van der Waals surface area contributed by atoms with Crippen molar-refractivity contribution < 1.29 is 9.53 Å². The second kappa shape index (κ2) is 4.63. The first-order valence-corrected chi connectivity index (χ1v) is 5.36. The molecule has 0 radical (unpaired) electrons. The first-order chi connectivity index (χ1) is 6.53. The summed E-state index contributed by atoms with van der Waals surface area (Å²) in [6.07, 6.45) is 7.08. The van der Waals surface area contributed by atoms with E-state index in [0.717, 1.165) is 12.8 Å². The van der Waals surface area contributed by atoms with Gasteiger partial charge in [-0.1, -0.05) is 26.0 Å². The predicted octanol–water partition coefficient (Wildman–Crippen LogP) is 2.93. The number of esters is 1. The summed E-state index contributed by atoms with van der Waals surface area (Å²) in [5, 5.41) is 0. The van der Waals surface area contributed by atoms with Crippen molar-refractivity contribution in [3.63, 3.8) is 0 Å². The lowest BCUT2D eigenvalue weighted by atomic mass is 9.75. The minimum absolute atomic E-state index is 0.0696. The van der Waals surface area contributed by atoms with Gasteiger partial charge in [0.1, 0.15) is 0 Å². The fourth-order valence-electron chi connectivity index (χ4n) is 2.01. The number of rotatable bonds is 3. The molecule has 1 rings (SSSR count). The molecule has 1 aliphatic carbocycles. The van der Waals surface area contributed by atoms with Crippen LogP contribution in [0, 0.1) is 11.3 Å². The Morgan fingerprint density at radius 1 is 1.57 bits per heavy atom. The molecule has 0 saturated heterocycles. The van der Waals surface area contributed by atoms with Crippen molar-refractivity contribution >= 4 is 5.97 Å². The van der Waals surface area contributed by atoms with Gasteiger partial charge >= 0.3 is 5.97 Å². The summed E-state index contributed by atoms with van der Waals surface area (Å²) in [5.74, 6) is 0.303. The third kappa shape index (κ3) is 3.52. The number of ether oxygens (including phenoxy) is 1. The molecule has 0 fully saturated rings. The summed E-state index contributed by atoms with van der Waals surface area (Å²) in [5.41, 5.74) is 0.339. The van der Waals surface area contributed by atoms with E-state index in [4.69, 9.17) is 4.74 Å². The molecule has 0 heterocycles. The Hall–Kier alpha value is -0.790. The zero-order chi connectivity index (χ0) is 10.6. The molecule has 0 aliphatic heterocycles. The molecule has 0 aromatic rings. The molecule has 14 heavy (non-hydrogen) atoms. The van der Waals surface area contributed by atoms with Crippen LogP contribution in [0.4, 0.5) is 0 Å². The number of allylic oxidation sites excluding steroid dienone is 2. The number of carbonyl (C=O) groups excluding carboxylic acids is 1. The van der Waals surface area contributed by atoms with Gasteiger partial charge in [-0.25, -0.2) is 0 Å². The topological polar surface area (TPSA) is 26.3 Å². The normalized spacial score (nSPS) is 24.6. The highest BCUT2D eigenvalue weighted by Gasteiger charge is 2.26. The average Bonchev–Trinajstić information content (AvgIpc) is 2.02. The summed E-state index contributed by atoms with van der Waals surface area (Å²) < 4.78 is 4.94. The van der Waals surface area contributed by atoms with Gasteiger partial charge in [-0.15, -0.1) is 0 Å². The number of carbonyl (C=O) groups is 1. The highest BCUT2D eigenvalue weighted by Crippen LogP contribution is 2.35. The first-order valence-electron chi connectivity index (χ1n) is 5.36. The average molecular weight is 196 g/mol. The van der Waals surface area contributed by atoms with Crippen molar-refractivity contribution in [1.29, 1.82) is 0 Å². The summed E-state index contributed by atoms with van der Waals surface area (Å²) in [7, 11) is 0. The van der Waals surface area contributed by atoms with E-state index in [9.17, 15) is 4.79 Å². The predicted molar refractivity (Wildman–Crippen MR) is 56.9 cm³/mol. The molecular formula is C12H20O2. The van der Waals surface area contributed by atoms with Gasteiger partial charge in [-0.3, -0.25) is 4.79 Å². The summed E-state index contributed by atoms with van der Waals surface area (Å²) >= 11 is 0. The van der Waals surface area contributed by atoms with E-state index in [-0.39, 0.29) is 5.97 Å². The second-order valence-corrected chi connectivity index (χ2v) is 4.77. The summed E-state index contributed by atoms with van der Waals surface area (Å²) in [6, 6.07) is 0. The molecule has 0 amide bonds. The van der Waals surface area contributed by atoms with Crippen LogP contribution in [0.3, 0.4) is 0 Å². The van der Waals surface area contributed by atoms with Crippen LogP contribution in [-0.2, 0) is 9.53 Å². The van der Waals surface area contributed by atoms with Crippen molar-refractivity contribution in [3.8, 4) is 0 Å². The zero-order valence-corrected chi connectivity index (χ0v) is 9.38. The van der Waals surface area contributed by atoms with Crippen LogP contribution in [0.5, 0.6) is 0 Å². The van der Waals surface area contributed by atoms with Gasteiger partial charge in [0, 0.05) is 0 Å². The van der Waals surface area contributed by atoms with Crippen LogP contribution in [0.25, 0.3) is 0 Å². The monoisotopic (exact) mass is 196 g/mol. The minimum atomic E-state index is -0.0696. The van der Waals surface area contributed by atoms with E-state index in [1.165, 1.54) is 0 Å². The highest BCUT2D eigenvalue weighted by atomic mass is 16.5. The van der Waals surface area contributed by atoms with E-state index in [1.807, 2.05) is 6.92 Å². The molecule has 0 unspecified atom stereocenters. The largest absolute Gasteiger partial charge is 0.466 e. The van der Waals surface area contributed by atoms with Crippen LogP contribution >= 0.6 is 0 Å². The Labute approximate surface area is 86.3 Å². The maximum absolute atomic E-state index is 11.3. The van der Waals surface area contributed by atoms with Crippen LogP contribution in [-0.4, -0.2) is 12.6 Å². The molecule has 0 aromatic heterocycles. The molecule has 2 heteroatoms. The Bertz CT molecular complexity index is 228. The first kappa shape index (κ1) is 11.3. The lowest BCUT2D eigenvalue weighted by Gasteiger charge is -2.30. The highest BCUT2D eigenvalue weighted by molar-refractivity contribution is 5.69. The fourth-order valence-corrected chi connectivity index (χ4v) is 2.01. The van der Waals surface area contributed by atoms with Crippen molar-refractivity contribution in [2.75, 3.05) is 6.61 Å². The Morgan fingerprint density at radius 2 is 2.29 bits per heavy atom. The molecule has 2 nitrogen and oxygen atoms in total. The van der Waals surface area contributed by atoms with Gasteiger partial charge in [0.2, 0.25) is 0 Å². The number of hydrogen-bond donors (Lipinski definition) is 0. The van der Waals surface area contributed by atoms with Crippen LogP contribution < -0.4 is 0 Å². The maximum atomic E-state index is 11.3. The van der Waals surface area contributed by atoms with Gasteiger partial charge in [0.15, 0.2) is 0 Å². The van der Waals surface area contributed by atoms with E-state index >= 15 is 0 Å². The third-order valence-corrected chi connectivity index (χ3v) is 2.63. The standard InChI is InChI=1S/C12H20O2/c1-4-14-11(13)8-10-6-5-7-12(2,3)9-10/h5-6,10H,4,7-9H2,1-3H3/t10-/m1/s1. The molecule has 0 bridgehead atoms. The molecule has 0 saturated carbocycles. The van der Waals surface area contributed by atoms with Crippen LogP contribution in [0.1, 0.15) is 40.0 Å². The summed E-state index contributed by atoms with van der Waals surface area (Å²) in [4.78, 5) is 11.3. The van der Waals surface area contributed by atoms with E-state index in [1.54, 1.807) is 0 Å². The SMILES string of the molecule is CCOC(=O)C[C@H]1C=CCC(C)(C)C1.